The van der Waals surface area contributed by atoms with Gasteiger partial charge in [0, 0.05) is 31.8 Å². The van der Waals surface area contributed by atoms with Crippen LogP contribution in [0.5, 0.6) is 0 Å². The molecule has 1 N–H and O–H groups in total. The molecule has 1 fully saturated rings. The van der Waals surface area contributed by atoms with Gasteiger partial charge >= 0.3 is 0 Å². The Balaban J connectivity index is 0.00000361. The Morgan fingerprint density at radius 3 is 2.70 bits per heavy atom. The molecule has 0 aromatic rings. The molecule has 0 bridgehead atoms. The molecule has 0 aromatic carbocycles. The third-order valence-corrected chi connectivity index (χ3v) is 4.57. The summed E-state index contributed by atoms with van der Waals surface area (Å²) in [4.78, 5) is 28.1. The third kappa shape index (κ3) is 4.82. The summed E-state index contributed by atoms with van der Waals surface area (Å²) in [5.74, 6) is 1.51. The Labute approximate surface area is 132 Å². The van der Waals surface area contributed by atoms with Crippen molar-refractivity contribution in [3.63, 3.8) is 0 Å². The van der Waals surface area contributed by atoms with E-state index in [2.05, 4.69) is 5.32 Å². The van der Waals surface area contributed by atoms with E-state index in [0.717, 1.165) is 13.0 Å². The molecule has 0 aliphatic carbocycles. The van der Waals surface area contributed by atoms with Crippen molar-refractivity contribution in [2.45, 2.75) is 26.3 Å². The molecule has 5 nitrogen and oxygen atoms in total. The molecule has 118 valence electrons. The van der Waals surface area contributed by atoms with Gasteiger partial charge in [-0.2, -0.15) is 0 Å². The van der Waals surface area contributed by atoms with E-state index < -0.39 is 0 Å². The highest BCUT2D eigenvalue weighted by atomic mass is 35.5. The first-order valence-electron chi connectivity index (χ1n) is 6.80. The van der Waals surface area contributed by atoms with E-state index in [9.17, 15) is 9.59 Å². The van der Waals surface area contributed by atoms with Gasteiger partial charge in [0.1, 0.15) is 6.04 Å². The predicted molar refractivity (Wildman–Crippen MR) is 86.2 cm³/mol. The highest BCUT2D eigenvalue weighted by Gasteiger charge is 2.37. The van der Waals surface area contributed by atoms with Crippen LogP contribution < -0.4 is 5.32 Å². The third-order valence-electron chi connectivity index (χ3n) is 3.56. The molecular weight excluding hydrogens is 298 g/mol. The van der Waals surface area contributed by atoms with Gasteiger partial charge in [-0.1, -0.05) is 13.8 Å². The summed E-state index contributed by atoms with van der Waals surface area (Å²) < 4.78 is 0. The number of nitrogens with zero attached hydrogens (tertiary/aromatic N) is 2. The lowest BCUT2D eigenvalue weighted by Crippen LogP contribution is -2.50. The Kier molecular flexibility index (Phi) is 9.25. The quantitative estimate of drug-likeness (QED) is 0.793. The van der Waals surface area contributed by atoms with Crippen molar-refractivity contribution >= 4 is 36.0 Å². The van der Waals surface area contributed by atoms with Crippen molar-refractivity contribution in [2.75, 3.05) is 38.8 Å². The van der Waals surface area contributed by atoms with Crippen LogP contribution in [-0.2, 0) is 9.59 Å². The maximum Gasteiger partial charge on any atom is 0.246 e. The first kappa shape index (κ1) is 19.5. The van der Waals surface area contributed by atoms with Gasteiger partial charge < -0.3 is 15.1 Å². The maximum absolute atomic E-state index is 12.4. The topological polar surface area (TPSA) is 52.7 Å². The molecule has 2 unspecified atom stereocenters. The number of halogens is 1. The smallest absolute Gasteiger partial charge is 0.246 e. The highest BCUT2D eigenvalue weighted by Crippen LogP contribution is 2.24. The van der Waals surface area contributed by atoms with Crippen LogP contribution in [0, 0.1) is 5.92 Å². The lowest BCUT2D eigenvalue weighted by atomic mass is 10.1. The fourth-order valence-corrected chi connectivity index (χ4v) is 3.12. The minimum absolute atomic E-state index is 0. The molecule has 0 aromatic heterocycles. The minimum atomic E-state index is -0.284. The van der Waals surface area contributed by atoms with Crippen LogP contribution >= 0.6 is 24.2 Å². The second-order valence-electron chi connectivity index (χ2n) is 5.00. The Morgan fingerprint density at radius 1 is 1.50 bits per heavy atom. The van der Waals surface area contributed by atoms with Crippen LogP contribution in [0.4, 0.5) is 0 Å². The SMILES string of the molecule is CCC(C)C(=O)N1CSCC1C(=O)N(C)CCNC.Cl. The first-order valence-corrected chi connectivity index (χ1v) is 7.96. The van der Waals surface area contributed by atoms with E-state index in [1.54, 1.807) is 28.6 Å². The van der Waals surface area contributed by atoms with Crippen LogP contribution in [0.25, 0.3) is 0 Å². The first-order chi connectivity index (χ1) is 9.02. The number of carbonyl (C=O) groups is 2. The largest absolute Gasteiger partial charge is 0.343 e. The van der Waals surface area contributed by atoms with E-state index in [4.69, 9.17) is 0 Å². The van der Waals surface area contributed by atoms with Gasteiger partial charge in [0.15, 0.2) is 0 Å². The fraction of sp³-hybridized carbons (Fsp3) is 0.846. The molecule has 0 spiro atoms. The van der Waals surface area contributed by atoms with Gasteiger partial charge in [0.25, 0.3) is 0 Å². The Morgan fingerprint density at radius 2 is 2.15 bits per heavy atom. The number of carbonyl (C=O) groups excluding carboxylic acids is 2. The van der Waals surface area contributed by atoms with Crippen molar-refractivity contribution in [3.8, 4) is 0 Å². The standard InChI is InChI=1S/C13H25N3O2S.ClH/c1-5-10(2)12(17)16-9-19-8-11(16)13(18)15(4)7-6-14-3;/h10-11,14H,5-9H2,1-4H3;1H. The number of hydrogen-bond acceptors (Lipinski definition) is 4. The normalized spacial score (nSPS) is 19.4. The Bertz CT molecular complexity index is 331. The molecule has 1 saturated heterocycles. The number of likely N-dealkylation sites (N-methyl/N-ethyl adjacent to an activating group) is 2. The number of rotatable bonds is 6. The average Bonchev–Trinajstić information content (AvgIpc) is 2.91. The molecule has 2 atom stereocenters. The van der Waals surface area contributed by atoms with Gasteiger partial charge in [-0.25, -0.2) is 0 Å². The summed E-state index contributed by atoms with van der Waals surface area (Å²) in [6.45, 7) is 5.36. The number of amides is 2. The molecule has 1 aliphatic heterocycles. The fourth-order valence-electron chi connectivity index (χ4n) is 1.97. The number of nitrogens with one attached hydrogen (secondary N) is 1. The summed E-state index contributed by atoms with van der Waals surface area (Å²) in [5, 5.41) is 3.03. The molecule has 0 saturated carbocycles. The van der Waals surface area contributed by atoms with Crippen LogP contribution in [0.3, 0.4) is 0 Å². The van der Waals surface area contributed by atoms with Gasteiger partial charge in [0.2, 0.25) is 11.8 Å². The Hall–Kier alpha value is -0.460. The lowest BCUT2D eigenvalue weighted by Gasteiger charge is -2.29. The molecule has 1 heterocycles. The van der Waals surface area contributed by atoms with E-state index >= 15 is 0 Å². The predicted octanol–water partition coefficient (Wildman–Crippen LogP) is 1.03. The second-order valence-corrected chi connectivity index (χ2v) is 6.00. The second kappa shape index (κ2) is 9.47. The average molecular weight is 324 g/mol. The molecule has 1 aliphatic rings. The zero-order chi connectivity index (χ0) is 14.4. The van der Waals surface area contributed by atoms with Gasteiger partial charge in [0.05, 0.1) is 5.88 Å². The van der Waals surface area contributed by atoms with Gasteiger partial charge in [-0.05, 0) is 13.5 Å². The summed E-state index contributed by atoms with van der Waals surface area (Å²) in [6, 6.07) is -0.284. The minimum Gasteiger partial charge on any atom is -0.343 e. The van der Waals surface area contributed by atoms with Crippen LogP contribution in [0.15, 0.2) is 0 Å². The van der Waals surface area contributed by atoms with E-state index in [1.165, 1.54) is 0 Å². The van der Waals surface area contributed by atoms with E-state index in [0.29, 0.717) is 18.2 Å². The zero-order valence-corrected chi connectivity index (χ0v) is 14.4. The highest BCUT2D eigenvalue weighted by molar-refractivity contribution is 7.99. The van der Waals surface area contributed by atoms with Gasteiger partial charge in [-0.15, -0.1) is 24.2 Å². The summed E-state index contributed by atoms with van der Waals surface area (Å²) in [7, 11) is 3.66. The van der Waals surface area contributed by atoms with Crippen molar-refractivity contribution in [3.05, 3.63) is 0 Å². The molecule has 1 rings (SSSR count). The van der Waals surface area contributed by atoms with Crippen LogP contribution in [0.2, 0.25) is 0 Å². The maximum atomic E-state index is 12.4. The van der Waals surface area contributed by atoms with Crippen LogP contribution in [0.1, 0.15) is 20.3 Å². The lowest BCUT2D eigenvalue weighted by molar-refractivity contribution is -0.144. The van der Waals surface area contributed by atoms with E-state index in [1.807, 2.05) is 20.9 Å². The van der Waals surface area contributed by atoms with Crippen molar-refractivity contribution in [1.29, 1.82) is 0 Å². The van der Waals surface area contributed by atoms with Crippen molar-refractivity contribution < 1.29 is 9.59 Å². The molecule has 2 amide bonds. The molecule has 0 radical (unpaired) electrons. The monoisotopic (exact) mass is 323 g/mol. The summed E-state index contributed by atoms with van der Waals surface area (Å²) >= 11 is 1.66. The van der Waals surface area contributed by atoms with E-state index in [-0.39, 0.29) is 36.2 Å². The molecule has 7 heteroatoms. The number of hydrogen-bond donors (Lipinski definition) is 1. The zero-order valence-electron chi connectivity index (χ0n) is 12.7. The van der Waals surface area contributed by atoms with Gasteiger partial charge in [-0.3, -0.25) is 9.59 Å². The van der Waals surface area contributed by atoms with Crippen molar-refractivity contribution in [1.82, 2.24) is 15.1 Å². The summed E-state index contributed by atoms with van der Waals surface area (Å²) in [5.41, 5.74) is 0. The number of thioether (sulfide) groups is 1. The van der Waals surface area contributed by atoms with Crippen molar-refractivity contribution in [2.24, 2.45) is 5.92 Å². The molecular formula is C13H26ClN3O2S. The molecule has 20 heavy (non-hydrogen) atoms. The summed E-state index contributed by atoms with van der Waals surface area (Å²) in [6.07, 6.45) is 0.816. The van der Waals surface area contributed by atoms with Crippen LogP contribution in [-0.4, -0.2) is 66.5 Å².